The molecule has 8 nitrogen and oxygen atoms in total. The lowest BCUT2D eigenvalue weighted by Crippen LogP contribution is -2.39. The van der Waals surface area contributed by atoms with E-state index >= 15 is 0 Å². The van der Waals surface area contributed by atoms with E-state index in [-0.39, 0.29) is 12.1 Å². The topological polar surface area (TPSA) is 93.1 Å². The number of ether oxygens (including phenoxy) is 1. The number of anilines is 1. The third-order valence-electron chi connectivity index (χ3n) is 4.81. The van der Waals surface area contributed by atoms with Crippen molar-refractivity contribution in [2.45, 2.75) is 39.8 Å². The second-order valence-corrected chi connectivity index (χ2v) is 7.99. The van der Waals surface area contributed by atoms with Crippen molar-refractivity contribution in [1.82, 2.24) is 24.8 Å². The zero-order valence-electron chi connectivity index (χ0n) is 17.6. The summed E-state index contributed by atoms with van der Waals surface area (Å²) in [7, 11) is 0. The van der Waals surface area contributed by atoms with Gasteiger partial charge in [0.05, 0.1) is 35.8 Å². The number of urea groups is 1. The Kier molecular flexibility index (Phi) is 5.99. The van der Waals surface area contributed by atoms with Crippen LogP contribution in [0.1, 0.15) is 30.8 Å². The number of carbonyl (C=O) groups is 1. The summed E-state index contributed by atoms with van der Waals surface area (Å²) >= 11 is 5.90. The van der Waals surface area contributed by atoms with Gasteiger partial charge in [-0.3, -0.25) is 4.98 Å². The van der Waals surface area contributed by atoms with Crippen molar-refractivity contribution in [3.63, 3.8) is 0 Å². The first-order valence-electron chi connectivity index (χ1n) is 10.1. The number of fused-ring (bicyclic) bond motifs is 1. The standard InChI is InChI=1S/C22H23ClN6O2/c1-13(2)31-21-17-12-29(22(30)26-16-6-4-14(3)24-11-16)9-8-18(17)27-20(28-21)15-5-7-19(23)25-10-15/h4-7,10-11,13H,8-9,12H2,1-3H3,(H,26,30). The molecule has 31 heavy (non-hydrogen) atoms. The quantitative estimate of drug-likeness (QED) is 0.611. The van der Waals surface area contributed by atoms with Gasteiger partial charge in [0.1, 0.15) is 5.15 Å². The van der Waals surface area contributed by atoms with Crippen molar-refractivity contribution >= 4 is 23.3 Å². The molecule has 0 saturated heterocycles. The van der Waals surface area contributed by atoms with E-state index in [9.17, 15) is 4.79 Å². The van der Waals surface area contributed by atoms with Gasteiger partial charge in [-0.2, -0.15) is 4.98 Å². The average Bonchev–Trinajstić information content (AvgIpc) is 2.75. The van der Waals surface area contributed by atoms with Crippen LogP contribution in [0.3, 0.4) is 0 Å². The lowest BCUT2D eigenvalue weighted by atomic mass is 10.1. The first-order valence-corrected chi connectivity index (χ1v) is 10.4. The molecule has 9 heteroatoms. The third kappa shape index (κ3) is 4.91. The molecule has 3 aromatic rings. The highest BCUT2D eigenvalue weighted by Crippen LogP contribution is 2.30. The number of amides is 2. The summed E-state index contributed by atoms with van der Waals surface area (Å²) in [6, 6.07) is 7.03. The largest absolute Gasteiger partial charge is 0.475 e. The summed E-state index contributed by atoms with van der Waals surface area (Å²) in [5.41, 5.74) is 4.00. The minimum absolute atomic E-state index is 0.0713. The molecule has 0 aliphatic carbocycles. The number of halogens is 1. The Morgan fingerprint density at radius 2 is 2.00 bits per heavy atom. The fourth-order valence-electron chi connectivity index (χ4n) is 3.26. The van der Waals surface area contributed by atoms with Gasteiger partial charge in [0, 0.05) is 30.4 Å². The molecular formula is C22H23ClN6O2. The van der Waals surface area contributed by atoms with Gasteiger partial charge in [0.25, 0.3) is 0 Å². The lowest BCUT2D eigenvalue weighted by Gasteiger charge is -2.29. The molecule has 3 aromatic heterocycles. The first-order chi connectivity index (χ1) is 14.9. The number of hydrogen-bond acceptors (Lipinski definition) is 6. The van der Waals surface area contributed by atoms with Crippen LogP contribution >= 0.6 is 11.6 Å². The van der Waals surface area contributed by atoms with Crippen LogP contribution in [0.25, 0.3) is 11.4 Å². The van der Waals surface area contributed by atoms with Crippen LogP contribution in [-0.4, -0.2) is 43.5 Å². The van der Waals surface area contributed by atoms with Gasteiger partial charge in [0.2, 0.25) is 5.88 Å². The molecule has 2 amide bonds. The number of aryl methyl sites for hydroxylation is 1. The van der Waals surface area contributed by atoms with Gasteiger partial charge in [-0.1, -0.05) is 11.6 Å². The maximum atomic E-state index is 12.8. The molecule has 160 valence electrons. The zero-order chi connectivity index (χ0) is 22.0. The molecule has 1 aliphatic rings. The Bertz CT molecular complexity index is 1090. The highest BCUT2D eigenvalue weighted by molar-refractivity contribution is 6.29. The van der Waals surface area contributed by atoms with Gasteiger partial charge in [-0.25, -0.2) is 14.8 Å². The molecule has 0 bridgehead atoms. The van der Waals surface area contributed by atoms with Gasteiger partial charge in [-0.15, -0.1) is 0 Å². The summed E-state index contributed by atoms with van der Waals surface area (Å²) in [5, 5.41) is 3.30. The highest BCUT2D eigenvalue weighted by atomic mass is 35.5. The van der Waals surface area contributed by atoms with Crippen molar-refractivity contribution in [2.75, 3.05) is 11.9 Å². The second kappa shape index (κ2) is 8.85. The van der Waals surface area contributed by atoms with Gasteiger partial charge < -0.3 is 15.0 Å². The van der Waals surface area contributed by atoms with E-state index in [0.29, 0.717) is 42.1 Å². The molecule has 0 aromatic carbocycles. The Morgan fingerprint density at radius 3 is 2.68 bits per heavy atom. The fraction of sp³-hybridized carbons (Fsp3) is 0.318. The van der Waals surface area contributed by atoms with E-state index in [1.165, 1.54) is 0 Å². The van der Waals surface area contributed by atoms with Crippen molar-refractivity contribution in [3.05, 3.63) is 58.8 Å². The van der Waals surface area contributed by atoms with Crippen LogP contribution in [0.15, 0.2) is 36.7 Å². The molecule has 0 radical (unpaired) electrons. The number of aromatic nitrogens is 4. The van der Waals surface area contributed by atoms with Crippen molar-refractivity contribution in [2.24, 2.45) is 0 Å². The van der Waals surface area contributed by atoms with Gasteiger partial charge in [0.15, 0.2) is 5.82 Å². The predicted octanol–water partition coefficient (Wildman–Crippen LogP) is 4.27. The van der Waals surface area contributed by atoms with Crippen LogP contribution in [0.2, 0.25) is 5.15 Å². The monoisotopic (exact) mass is 438 g/mol. The highest BCUT2D eigenvalue weighted by Gasteiger charge is 2.27. The molecule has 1 N–H and O–H groups in total. The van der Waals surface area contributed by atoms with Crippen LogP contribution in [0.4, 0.5) is 10.5 Å². The molecule has 0 spiro atoms. The van der Waals surface area contributed by atoms with Crippen molar-refractivity contribution in [1.29, 1.82) is 0 Å². The number of nitrogens with one attached hydrogen (secondary N) is 1. The lowest BCUT2D eigenvalue weighted by molar-refractivity contribution is 0.198. The smallest absolute Gasteiger partial charge is 0.322 e. The zero-order valence-corrected chi connectivity index (χ0v) is 18.3. The second-order valence-electron chi connectivity index (χ2n) is 7.60. The van der Waals surface area contributed by atoms with Crippen LogP contribution in [0.5, 0.6) is 5.88 Å². The molecule has 0 fully saturated rings. The molecular weight excluding hydrogens is 416 g/mol. The number of pyridine rings is 2. The number of carbonyl (C=O) groups excluding carboxylic acids is 1. The van der Waals surface area contributed by atoms with Crippen LogP contribution < -0.4 is 10.1 Å². The van der Waals surface area contributed by atoms with E-state index in [1.807, 2.05) is 39.0 Å². The van der Waals surface area contributed by atoms with E-state index in [0.717, 1.165) is 22.5 Å². The molecule has 4 heterocycles. The van der Waals surface area contributed by atoms with Crippen molar-refractivity contribution in [3.8, 4) is 17.3 Å². The normalized spacial score (nSPS) is 13.1. The van der Waals surface area contributed by atoms with E-state index in [4.69, 9.17) is 21.3 Å². The van der Waals surface area contributed by atoms with E-state index in [1.54, 1.807) is 23.4 Å². The summed E-state index contributed by atoms with van der Waals surface area (Å²) in [6.07, 6.45) is 3.81. The summed E-state index contributed by atoms with van der Waals surface area (Å²) < 4.78 is 5.99. The van der Waals surface area contributed by atoms with Gasteiger partial charge in [-0.05, 0) is 45.0 Å². The third-order valence-corrected chi connectivity index (χ3v) is 5.03. The predicted molar refractivity (Wildman–Crippen MR) is 118 cm³/mol. The van der Waals surface area contributed by atoms with E-state index in [2.05, 4.69) is 20.3 Å². The SMILES string of the molecule is Cc1ccc(NC(=O)N2CCc3nc(-c4ccc(Cl)nc4)nc(OC(C)C)c3C2)cn1. The fourth-order valence-corrected chi connectivity index (χ4v) is 3.37. The number of hydrogen-bond donors (Lipinski definition) is 1. The molecule has 0 saturated carbocycles. The van der Waals surface area contributed by atoms with Crippen molar-refractivity contribution < 1.29 is 9.53 Å². The Labute approximate surface area is 185 Å². The average molecular weight is 439 g/mol. The number of rotatable bonds is 4. The summed E-state index contributed by atoms with van der Waals surface area (Å²) in [4.78, 5) is 32.2. The van der Waals surface area contributed by atoms with Crippen LogP contribution in [-0.2, 0) is 13.0 Å². The minimum Gasteiger partial charge on any atom is -0.475 e. The summed E-state index contributed by atoms with van der Waals surface area (Å²) in [5.74, 6) is 1.02. The first kappa shape index (κ1) is 21.0. The summed E-state index contributed by atoms with van der Waals surface area (Å²) in [6.45, 7) is 6.68. The van der Waals surface area contributed by atoms with E-state index < -0.39 is 0 Å². The van der Waals surface area contributed by atoms with Gasteiger partial charge >= 0.3 is 6.03 Å². The maximum Gasteiger partial charge on any atom is 0.322 e. The Hall–Kier alpha value is -3.26. The molecule has 0 unspecified atom stereocenters. The maximum absolute atomic E-state index is 12.8. The molecule has 4 rings (SSSR count). The molecule has 0 atom stereocenters. The molecule has 1 aliphatic heterocycles. The Morgan fingerprint density at radius 1 is 1.16 bits per heavy atom. The van der Waals surface area contributed by atoms with Crippen LogP contribution in [0, 0.1) is 6.92 Å². The number of nitrogens with zero attached hydrogens (tertiary/aromatic N) is 5. The Balaban J connectivity index is 1.60. The minimum atomic E-state index is -0.197.